The number of aliphatic imine (C=N–C) groups is 1. The van der Waals surface area contributed by atoms with E-state index in [1.54, 1.807) is 7.05 Å². The van der Waals surface area contributed by atoms with Gasteiger partial charge < -0.3 is 10.6 Å². The van der Waals surface area contributed by atoms with Crippen LogP contribution < -0.4 is 10.6 Å². The molecule has 0 saturated carbocycles. The molecule has 8 heteroatoms. The number of rotatable bonds is 8. The minimum Gasteiger partial charge on any atom is -0.356 e. The summed E-state index contributed by atoms with van der Waals surface area (Å²) in [5.41, 5.74) is 2.75. The van der Waals surface area contributed by atoms with E-state index in [9.17, 15) is 8.42 Å². The highest BCUT2D eigenvalue weighted by molar-refractivity contribution is 14.0. The predicted molar refractivity (Wildman–Crippen MR) is 129 cm³/mol. The van der Waals surface area contributed by atoms with Gasteiger partial charge in [-0.15, -0.1) is 24.0 Å². The lowest BCUT2D eigenvalue weighted by atomic mass is 10.0. The molecule has 1 fully saturated rings. The molecule has 2 N–H and O–H groups in total. The van der Waals surface area contributed by atoms with Gasteiger partial charge in [0.15, 0.2) is 15.8 Å². The van der Waals surface area contributed by atoms with E-state index < -0.39 is 9.84 Å². The molecule has 0 aromatic heterocycles. The SMILES string of the molecule is CN=C(NCCCc1ccc(C(C)C)cc1)NCCN1CCS(=O)(=O)CC1.I. The Morgan fingerprint density at radius 3 is 2.29 bits per heavy atom. The van der Waals surface area contributed by atoms with E-state index in [0.29, 0.717) is 19.0 Å². The number of guanidine groups is 1. The first kappa shape index (κ1) is 25.2. The van der Waals surface area contributed by atoms with Crippen LogP contribution in [0.15, 0.2) is 29.3 Å². The maximum Gasteiger partial charge on any atom is 0.191 e. The van der Waals surface area contributed by atoms with E-state index in [0.717, 1.165) is 38.4 Å². The van der Waals surface area contributed by atoms with Crippen LogP contribution in [-0.2, 0) is 16.3 Å². The van der Waals surface area contributed by atoms with Crippen LogP contribution in [-0.4, -0.2) is 70.6 Å². The number of hydrogen-bond donors (Lipinski definition) is 2. The molecule has 1 aliphatic rings. The van der Waals surface area contributed by atoms with Crippen LogP contribution in [0.5, 0.6) is 0 Å². The minimum atomic E-state index is -2.80. The molecule has 0 radical (unpaired) electrons. The first-order valence-electron chi connectivity index (χ1n) is 9.86. The van der Waals surface area contributed by atoms with Crippen LogP contribution in [0, 0.1) is 0 Å². The average Bonchev–Trinajstić information content (AvgIpc) is 2.65. The number of benzene rings is 1. The van der Waals surface area contributed by atoms with Gasteiger partial charge in [-0.1, -0.05) is 38.1 Å². The topological polar surface area (TPSA) is 73.8 Å². The smallest absolute Gasteiger partial charge is 0.191 e. The summed E-state index contributed by atoms with van der Waals surface area (Å²) in [5, 5.41) is 6.65. The molecule has 1 aliphatic heterocycles. The fourth-order valence-electron chi connectivity index (χ4n) is 3.10. The highest BCUT2D eigenvalue weighted by atomic mass is 127. The minimum absolute atomic E-state index is 0. The second kappa shape index (κ2) is 12.6. The molecule has 0 amide bonds. The molecule has 0 bridgehead atoms. The summed E-state index contributed by atoms with van der Waals surface area (Å²) >= 11 is 0. The lowest BCUT2D eigenvalue weighted by Crippen LogP contribution is -2.46. The maximum atomic E-state index is 11.4. The third kappa shape index (κ3) is 9.09. The third-order valence-electron chi connectivity index (χ3n) is 4.96. The molecule has 1 aromatic rings. The van der Waals surface area contributed by atoms with E-state index in [4.69, 9.17) is 0 Å². The Balaban J connectivity index is 0.00000392. The van der Waals surface area contributed by atoms with Gasteiger partial charge in [0.2, 0.25) is 0 Å². The van der Waals surface area contributed by atoms with Gasteiger partial charge in [0.05, 0.1) is 11.5 Å². The number of nitrogens with one attached hydrogen (secondary N) is 2. The van der Waals surface area contributed by atoms with Crippen molar-refractivity contribution in [2.45, 2.75) is 32.6 Å². The van der Waals surface area contributed by atoms with Crippen molar-refractivity contribution in [2.24, 2.45) is 4.99 Å². The van der Waals surface area contributed by atoms with E-state index >= 15 is 0 Å². The molecule has 0 spiro atoms. The molecule has 160 valence electrons. The fourth-order valence-corrected chi connectivity index (χ4v) is 4.37. The van der Waals surface area contributed by atoms with Crippen LogP contribution >= 0.6 is 24.0 Å². The molecule has 28 heavy (non-hydrogen) atoms. The number of hydrogen-bond acceptors (Lipinski definition) is 4. The Kier molecular flexibility index (Phi) is 11.4. The fraction of sp³-hybridized carbons (Fsp3) is 0.650. The largest absolute Gasteiger partial charge is 0.356 e. The van der Waals surface area contributed by atoms with Crippen LogP contribution in [0.2, 0.25) is 0 Å². The van der Waals surface area contributed by atoms with Gasteiger partial charge in [0.1, 0.15) is 0 Å². The number of aryl methyl sites for hydroxylation is 1. The predicted octanol–water partition coefficient (Wildman–Crippen LogP) is 2.26. The maximum absolute atomic E-state index is 11.4. The lowest BCUT2D eigenvalue weighted by molar-refractivity contribution is 0.299. The molecular formula is C20H35IN4O2S. The Morgan fingerprint density at radius 1 is 1.11 bits per heavy atom. The van der Waals surface area contributed by atoms with E-state index in [1.165, 1.54) is 11.1 Å². The average molecular weight is 522 g/mol. The zero-order valence-corrected chi connectivity index (χ0v) is 20.4. The Labute approximate surface area is 187 Å². The van der Waals surface area contributed by atoms with Crippen molar-refractivity contribution in [1.82, 2.24) is 15.5 Å². The molecule has 0 aliphatic carbocycles. The summed E-state index contributed by atoms with van der Waals surface area (Å²) in [7, 11) is -1.03. The van der Waals surface area contributed by atoms with Gasteiger partial charge in [0.25, 0.3) is 0 Å². The second-order valence-electron chi connectivity index (χ2n) is 7.42. The van der Waals surface area contributed by atoms with E-state index in [-0.39, 0.29) is 35.5 Å². The zero-order chi connectivity index (χ0) is 19.7. The first-order valence-corrected chi connectivity index (χ1v) is 11.7. The summed E-state index contributed by atoms with van der Waals surface area (Å²) in [6.07, 6.45) is 2.09. The molecule has 2 rings (SSSR count). The van der Waals surface area contributed by atoms with Gasteiger partial charge >= 0.3 is 0 Å². The summed E-state index contributed by atoms with van der Waals surface area (Å²) in [4.78, 5) is 6.43. The van der Waals surface area contributed by atoms with Crippen LogP contribution in [0.4, 0.5) is 0 Å². The quantitative estimate of drug-likeness (QED) is 0.237. The lowest BCUT2D eigenvalue weighted by Gasteiger charge is -2.26. The Bertz CT molecular complexity index is 691. The molecule has 0 atom stereocenters. The number of halogens is 1. The molecule has 1 aromatic carbocycles. The zero-order valence-electron chi connectivity index (χ0n) is 17.3. The number of nitrogens with zero attached hydrogens (tertiary/aromatic N) is 2. The standard InChI is InChI=1S/C20H34N4O2S.HI/c1-17(2)19-8-6-18(7-9-19)5-4-10-22-20(21-3)23-11-12-24-13-15-27(25,26)16-14-24;/h6-9,17H,4-5,10-16H2,1-3H3,(H2,21,22,23);1H. The molecular weight excluding hydrogens is 487 g/mol. The summed E-state index contributed by atoms with van der Waals surface area (Å²) in [6.45, 7) is 8.15. The normalized spacial score (nSPS) is 17.2. The third-order valence-corrected chi connectivity index (χ3v) is 6.57. The van der Waals surface area contributed by atoms with Gasteiger partial charge in [-0.3, -0.25) is 9.89 Å². The van der Waals surface area contributed by atoms with Gasteiger partial charge in [-0.25, -0.2) is 8.42 Å². The van der Waals surface area contributed by atoms with Crippen molar-refractivity contribution in [1.29, 1.82) is 0 Å². The van der Waals surface area contributed by atoms with Gasteiger partial charge in [-0.2, -0.15) is 0 Å². The molecule has 1 saturated heterocycles. The summed E-state index contributed by atoms with van der Waals surface area (Å²) in [5.74, 6) is 1.93. The van der Waals surface area contributed by atoms with E-state index in [1.807, 2.05) is 0 Å². The van der Waals surface area contributed by atoms with Crippen molar-refractivity contribution in [3.8, 4) is 0 Å². The van der Waals surface area contributed by atoms with Crippen LogP contribution in [0.3, 0.4) is 0 Å². The summed E-state index contributed by atoms with van der Waals surface area (Å²) < 4.78 is 22.9. The van der Waals surface area contributed by atoms with Crippen LogP contribution in [0.25, 0.3) is 0 Å². The van der Waals surface area contributed by atoms with Crippen molar-refractivity contribution < 1.29 is 8.42 Å². The van der Waals surface area contributed by atoms with Gasteiger partial charge in [0, 0.05) is 39.8 Å². The Morgan fingerprint density at radius 2 is 1.71 bits per heavy atom. The molecule has 0 unspecified atom stereocenters. The summed E-state index contributed by atoms with van der Waals surface area (Å²) in [6, 6.07) is 8.89. The van der Waals surface area contributed by atoms with E-state index in [2.05, 4.69) is 58.6 Å². The van der Waals surface area contributed by atoms with Crippen LogP contribution in [0.1, 0.15) is 37.3 Å². The molecule has 1 heterocycles. The second-order valence-corrected chi connectivity index (χ2v) is 9.72. The highest BCUT2D eigenvalue weighted by Crippen LogP contribution is 2.15. The van der Waals surface area contributed by atoms with Crippen molar-refractivity contribution in [3.05, 3.63) is 35.4 Å². The van der Waals surface area contributed by atoms with Gasteiger partial charge in [-0.05, 0) is 29.9 Å². The van der Waals surface area contributed by atoms with Crippen molar-refractivity contribution in [3.63, 3.8) is 0 Å². The molecule has 6 nitrogen and oxygen atoms in total. The highest BCUT2D eigenvalue weighted by Gasteiger charge is 2.20. The number of sulfone groups is 1. The van der Waals surface area contributed by atoms with Crippen molar-refractivity contribution >= 4 is 39.8 Å². The first-order chi connectivity index (χ1) is 12.9. The van der Waals surface area contributed by atoms with Crippen molar-refractivity contribution in [2.75, 3.05) is 51.3 Å². The Hall–Kier alpha value is -0.870. The monoisotopic (exact) mass is 522 g/mol.